The molecule has 122 valence electrons. The van der Waals surface area contributed by atoms with Crippen molar-refractivity contribution in [1.29, 1.82) is 0 Å². The molecular weight excluding hydrogens is 324 g/mol. The van der Waals surface area contributed by atoms with E-state index in [0.717, 1.165) is 12.0 Å². The van der Waals surface area contributed by atoms with Gasteiger partial charge in [0.1, 0.15) is 6.04 Å². The lowest BCUT2D eigenvalue weighted by Crippen LogP contribution is -2.31. The molecule has 1 atom stereocenters. The number of hydrogen-bond acceptors (Lipinski definition) is 3. The maximum Gasteiger partial charge on any atom is 0.273 e. The number of rotatable bonds is 5. The van der Waals surface area contributed by atoms with Crippen molar-refractivity contribution in [1.82, 2.24) is 4.90 Å². The van der Waals surface area contributed by atoms with E-state index in [9.17, 15) is 10.1 Å². The van der Waals surface area contributed by atoms with E-state index in [0.29, 0.717) is 11.6 Å². The summed E-state index contributed by atoms with van der Waals surface area (Å²) in [5.41, 5.74) is 2.24. The second-order valence-electron chi connectivity index (χ2n) is 5.62. The van der Waals surface area contributed by atoms with Gasteiger partial charge in [-0.2, -0.15) is 0 Å². The van der Waals surface area contributed by atoms with Crippen molar-refractivity contribution in [3.8, 4) is 0 Å². The van der Waals surface area contributed by atoms with Crippen LogP contribution in [0.15, 0.2) is 78.6 Å². The van der Waals surface area contributed by atoms with Gasteiger partial charge >= 0.3 is 0 Å². The van der Waals surface area contributed by atoms with Gasteiger partial charge in [-0.1, -0.05) is 54.1 Å². The molecule has 2 aromatic carbocycles. The Balaban J connectivity index is 1.85. The lowest BCUT2D eigenvalue weighted by molar-refractivity contribution is -0.433. The summed E-state index contributed by atoms with van der Waals surface area (Å²) < 4.78 is 0. The van der Waals surface area contributed by atoms with Crippen molar-refractivity contribution in [3.63, 3.8) is 0 Å². The lowest BCUT2D eigenvalue weighted by atomic mass is 9.99. The van der Waals surface area contributed by atoms with E-state index in [1.54, 1.807) is 24.3 Å². The number of allylic oxidation sites excluding steroid dienone is 2. The number of halogens is 1. The third-order valence-corrected chi connectivity index (χ3v) is 4.31. The summed E-state index contributed by atoms with van der Waals surface area (Å²) in [6, 6.07) is 16.9. The Morgan fingerprint density at radius 1 is 1.08 bits per heavy atom. The van der Waals surface area contributed by atoms with Gasteiger partial charge in [-0.3, -0.25) is 10.1 Å². The molecule has 0 saturated heterocycles. The average Bonchev–Trinajstić information content (AvgIpc) is 2.61. The van der Waals surface area contributed by atoms with Gasteiger partial charge in [-0.25, -0.2) is 0 Å². The minimum Gasteiger partial charge on any atom is -0.361 e. The van der Waals surface area contributed by atoms with Gasteiger partial charge in [-0.05, 0) is 35.8 Å². The Morgan fingerprint density at radius 3 is 2.46 bits per heavy atom. The van der Waals surface area contributed by atoms with Crippen LogP contribution in [0.1, 0.15) is 17.2 Å². The summed E-state index contributed by atoms with van der Waals surface area (Å²) in [5.74, 6) is 0. The lowest BCUT2D eigenvalue weighted by Gasteiger charge is -2.31. The number of nitro groups is 1. The fraction of sp³-hybridized carbons (Fsp3) is 0.158. The Bertz CT molecular complexity index is 770. The normalized spacial score (nSPS) is 16.8. The van der Waals surface area contributed by atoms with E-state index in [4.69, 9.17) is 11.6 Å². The number of nitrogens with zero attached hydrogens (tertiary/aromatic N) is 2. The topological polar surface area (TPSA) is 46.4 Å². The van der Waals surface area contributed by atoms with E-state index in [1.165, 1.54) is 5.56 Å². The van der Waals surface area contributed by atoms with Crippen molar-refractivity contribution in [2.45, 2.75) is 12.5 Å². The highest BCUT2D eigenvalue weighted by atomic mass is 35.5. The molecular formula is C19H17ClN2O2. The van der Waals surface area contributed by atoms with Crippen LogP contribution in [-0.4, -0.2) is 16.4 Å². The molecule has 1 aliphatic rings. The van der Waals surface area contributed by atoms with Crippen molar-refractivity contribution in [2.24, 2.45) is 0 Å². The van der Waals surface area contributed by atoms with Crippen molar-refractivity contribution in [3.05, 3.63) is 105 Å². The highest BCUT2D eigenvalue weighted by Gasteiger charge is 2.32. The minimum atomic E-state index is -0.411. The molecule has 0 saturated carbocycles. The van der Waals surface area contributed by atoms with Crippen LogP contribution in [-0.2, 0) is 6.42 Å². The van der Waals surface area contributed by atoms with Crippen LogP contribution in [0.3, 0.4) is 0 Å². The van der Waals surface area contributed by atoms with Gasteiger partial charge in [0.25, 0.3) is 5.70 Å². The Hall–Kier alpha value is -2.59. The van der Waals surface area contributed by atoms with Gasteiger partial charge in [0.05, 0.1) is 4.92 Å². The van der Waals surface area contributed by atoms with E-state index in [2.05, 4.69) is 12.1 Å². The Morgan fingerprint density at radius 2 is 1.79 bits per heavy atom. The zero-order valence-electron chi connectivity index (χ0n) is 13.0. The molecule has 0 amide bonds. The summed E-state index contributed by atoms with van der Waals surface area (Å²) in [7, 11) is 0. The molecule has 1 aliphatic heterocycles. The summed E-state index contributed by atoms with van der Waals surface area (Å²) in [6.45, 7) is 0.693. The molecule has 0 spiro atoms. The van der Waals surface area contributed by atoms with E-state index in [-0.39, 0.29) is 10.6 Å². The molecule has 1 unspecified atom stereocenters. The fourth-order valence-electron chi connectivity index (χ4n) is 2.87. The minimum absolute atomic E-state index is 0.174. The monoisotopic (exact) mass is 340 g/mol. The number of benzene rings is 2. The predicted octanol–water partition coefficient (Wildman–Crippen LogP) is 4.61. The zero-order valence-corrected chi connectivity index (χ0v) is 13.8. The molecule has 1 heterocycles. The van der Waals surface area contributed by atoms with Crippen LogP contribution in [0.5, 0.6) is 0 Å². The Kier molecular flexibility index (Phi) is 4.96. The average molecular weight is 341 g/mol. The molecule has 0 radical (unpaired) electrons. The molecule has 5 heteroatoms. The first-order valence-corrected chi connectivity index (χ1v) is 8.11. The van der Waals surface area contributed by atoms with Crippen molar-refractivity contribution in [2.75, 3.05) is 6.54 Å². The molecule has 24 heavy (non-hydrogen) atoms. The van der Waals surface area contributed by atoms with Crippen LogP contribution >= 0.6 is 11.6 Å². The first-order valence-electron chi connectivity index (χ1n) is 7.73. The van der Waals surface area contributed by atoms with E-state index in [1.807, 2.05) is 41.4 Å². The maximum atomic E-state index is 11.5. The fourth-order valence-corrected chi connectivity index (χ4v) is 3.00. The van der Waals surface area contributed by atoms with Crippen LogP contribution in [0.2, 0.25) is 5.02 Å². The quantitative estimate of drug-likeness (QED) is 0.589. The first-order chi connectivity index (χ1) is 11.6. The van der Waals surface area contributed by atoms with Gasteiger partial charge < -0.3 is 4.90 Å². The highest BCUT2D eigenvalue weighted by Crippen LogP contribution is 2.32. The smallest absolute Gasteiger partial charge is 0.273 e. The summed E-state index contributed by atoms with van der Waals surface area (Å²) in [4.78, 5) is 13.2. The molecule has 2 aromatic rings. The third kappa shape index (κ3) is 3.66. The summed E-state index contributed by atoms with van der Waals surface area (Å²) >= 11 is 5.95. The highest BCUT2D eigenvalue weighted by molar-refractivity contribution is 6.30. The third-order valence-electron chi connectivity index (χ3n) is 4.05. The molecule has 0 N–H and O–H groups in total. The van der Waals surface area contributed by atoms with Gasteiger partial charge in [-0.15, -0.1) is 0 Å². The largest absolute Gasteiger partial charge is 0.361 e. The SMILES string of the molecule is O=[N+]([O-])C1=CC=CN(CCc2ccccc2)C1c1ccc(Cl)cc1. The van der Waals surface area contributed by atoms with Crippen LogP contribution < -0.4 is 0 Å². The van der Waals surface area contributed by atoms with E-state index >= 15 is 0 Å². The summed E-state index contributed by atoms with van der Waals surface area (Å²) in [5, 5.41) is 12.1. The van der Waals surface area contributed by atoms with Crippen molar-refractivity contribution < 1.29 is 4.92 Å². The second kappa shape index (κ2) is 7.32. The molecule has 0 bridgehead atoms. The van der Waals surface area contributed by atoms with Crippen LogP contribution in [0.4, 0.5) is 0 Å². The number of hydrogen-bond donors (Lipinski definition) is 0. The maximum absolute atomic E-state index is 11.5. The Labute approximate surface area is 145 Å². The van der Waals surface area contributed by atoms with Crippen molar-refractivity contribution >= 4 is 11.6 Å². The van der Waals surface area contributed by atoms with E-state index < -0.39 is 6.04 Å². The molecule has 0 fully saturated rings. The molecule has 0 aliphatic carbocycles. The second-order valence-corrected chi connectivity index (χ2v) is 6.05. The molecule has 3 rings (SSSR count). The zero-order chi connectivity index (χ0) is 16.9. The summed E-state index contributed by atoms with van der Waals surface area (Å²) in [6.07, 6.45) is 6.03. The van der Waals surface area contributed by atoms with Gasteiger partial charge in [0, 0.05) is 23.8 Å². The molecule has 0 aromatic heterocycles. The first kappa shape index (κ1) is 16.3. The van der Waals surface area contributed by atoms with Crippen LogP contribution in [0, 0.1) is 10.1 Å². The molecule has 4 nitrogen and oxygen atoms in total. The van der Waals surface area contributed by atoms with Crippen LogP contribution in [0.25, 0.3) is 0 Å². The van der Waals surface area contributed by atoms with Gasteiger partial charge in [0.2, 0.25) is 0 Å². The standard InChI is InChI=1S/C19H17ClN2O2/c20-17-10-8-16(9-11-17)19-18(22(23)24)7-4-13-21(19)14-12-15-5-2-1-3-6-15/h1-11,13,19H,12,14H2. The predicted molar refractivity (Wildman–Crippen MR) is 95.3 cm³/mol. The van der Waals surface area contributed by atoms with Gasteiger partial charge in [0.15, 0.2) is 0 Å².